The van der Waals surface area contributed by atoms with E-state index in [0.717, 1.165) is 89.9 Å². The molecule has 0 aromatic carbocycles. The standard InChI is InChI=1S/C57H100O5/c1-4-7-10-13-16-19-22-25-28-29-31-32-35-38-41-44-47-50-56(58)61-54-55(53-60-52-49-46-43-40-37-34-27-24-21-18-15-12-9-6-3)62-57(59)51-48-45-42-39-36-33-30-26-23-20-17-14-11-8-5-2/h7,10,16-17,19-21,24-26,28,30,55H,4-6,8-9,11-15,18,22-23,27,29,31-54H2,1-3H3/b10-7-,19-16-,20-17-,24-21-,28-25-,30-26-. The summed E-state index contributed by atoms with van der Waals surface area (Å²) in [4.78, 5) is 25.4. The van der Waals surface area contributed by atoms with Crippen LogP contribution in [-0.4, -0.2) is 37.9 Å². The van der Waals surface area contributed by atoms with Gasteiger partial charge in [-0.25, -0.2) is 0 Å². The van der Waals surface area contributed by atoms with Crippen LogP contribution in [0.4, 0.5) is 0 Å². The van der Waals surface area contributed by atoms with Crippen LogP contribution in [0.1, 0.15) is 252 Å². The smallest absolute Gasteiger partial charge is 0.306 e. The lowest BCUT2D eigenvalue weighted by atomic mass is 10.1. The van der Waals surface area contributed by atoms with Crippen LogP contribution in [0.2, 0.25) is 0 Å². The molecule has 0 heterocycles. The number of hydrogen-bond donors (Lipinski definition) is 0. The van der Waals surface area contributed by atoms with Gasteiger partial charge in [-0.3, -0.25) is 9.59 Å². The minimum atomic E-state index is -0.552. The second-order valence-corrected chi connectivity index (χ2v) is 17.4. The third-order valence-corrected chi connectivity index (χ3v) is 11.2. The SMILES string of the molecule is CC/C=C\C/C=C\C/C=C\CCCCCCCCCC(=O)OCC(COCCCCCCCC/C=C\CCCCCC)OC(=O)CCCCCCC/C=C\C/C=C\CCCCC. The van der Waals surface area contributed by atoms with E-state index in [4.69, 9.17) is 14.2 Å². The van der Waals surface area contributed by atoms with Crippen LogP contribution >= 0.6 is 0 Å². The third-order valence-electron chi connectivity index (χ3n) is 11.2. The number of rotatable bonds is 48. The molecule has 0 N–H and O–H groups in total. The predicted molar refractivity (Wildman–Crippen MR) is 270 cm³/mol. The minimum absolute atomic E-state index is 0.0704. The molecule has 0 bridgehead atoms. The predicted octanol–water partition coefficient (Wildman–Crippen LogP) is 17.9. The maximum absolute atomic E-state index is 12.8. The van der Waals surface area contributed by atoms with Crippen LogP contribution < -0.4 is 0 Å². The molecule has 0 saturated heterocycles. The molecule has 0 aromatic heterocycles. The van der Waals surface area contributed by atoms with Crippen molar-refractivity contribution in [3.63, 3.8) is 0 Å². The average Bonchev–Trinajstić information content (AvgIpc) is 3.27. The van der Waals surface area contributed by atoms with Gasteiger partial charge in [-0.2, -0.15) is 0 Å². The molecular formula is C57H100O5. The molecule has 0 amide bonds. The first-order chi connectivity index (χ1) is 30.6. The van der Waals surface area contributed by atoms with E-state index in [9.17, 15) is 9.59 Å². The van der Waals surface area contributed by atoms with Gasteiger partial charge in [-0.1, -0.05) is 203 Å². The Balaban J connectivity index is 4.31. The van der Waals surface area contributed by atoms with E-state index >= 15 is 0 Å². The lowest BCUT2D eigenvalue weighted by molar-refractivity contribution is -0.163. The maximum atomic E-state index is 12.8. The Bertz CT molecular complexity index is 1110. The highest BCUT2D eigenvalue weighted by atomic mass is 16.6. The summed E-state index contributed by atoms with van der Waals surface area (Å²) in [6, 6.07) is 0. The zero-order chi connectivity index (χ0) is 44.9. The molecule has 62 heavy (non-hydrogen) atoms. The van der Waals surface area contributed by atoms with Crippen molar-refractivity contribution < 1.29 is 23.8 Å². The minimum Gasteiger partial charge on any atom is -0.462 e. The summed E-state index contributed by atoms with van der Waals surface area (Å²) in [6.07, 6.45) is 67.6. The van der Waals surface area contributed by atoms with Gasteiger partial charge in [0.2, 0.25) is 0 Å². The molecule has 1 unspecified atom stereocenters. The Morgan fingerprint density at radius 1 is 0.371 bits per heavy atom. The molecule has 0 aromatic rings. The fraction of sp³-hybridized carbons (Fsp3) is 0.754. The Morgan fingerprint density at radius 2 is 0.726 bits per heavy atom. The van der Waals surface area contributed by atoms with E-state index in [1.54, 1.807) is 0 Å². The van der Waals surface area contributed by atoms with E-state index in [-0.39, 0.29) is 25.2 Å². The summed E-state index contributed by atoms with van der Waals surface area (Å²) in [5.74, 6) is -0.424. The van der Waals surface area contributed by atoms with Crippen molar-refractivity contribution in [1.29, 1.82) is 0 Å². The van der Waals surface area contributed by atoms with Gasteiger partial charge in [0.1, 0.15) is 6.61 Å². The Morgan fingerprint density at radius 3 is 1.21 bits per heavy atom. The van der Waals surface area contributed by atoms with Gasteiger partial charge in [0.05, 0.1) is 6.61 Å². The zero-order valence-corrected chi connectivity index (χ0v) is 41.1. The van der Waals surface area contributed by atoms with Crippen molar-refractivity contribution in [3.8, 4) is 0 Å². The first kappa shape index (κ1) is 59.3. The molecule has 0 rings (SSSR count). The van der Waals surface area contributed by atoms with E-state index in [1.165, 1.54) is 128 Å². The van der Waals surface area contributed by atoms with Gasteiger partial charge >= 0.3 is 11.9 Å². The molecule has 358 valence electrons. The Kier molecular flexibility index (Phi) is 50.4. The zero-order valence-electron chi connectivity index (χ0n) is 41.1. The van der Waals surface area contributed by atoms with Crippen LogP contribution in [0.15, 0.2) is 72.9 Å². The average molecular weight is 865 g/mol. The fourth-order valence-corrected chi connectivity index (χ4v) is 7.25. The van der Waals surface area contributed by atoms with E-state index < -0.39 is 6.10 Å². The van der Waals surface area contributed by atoms with E-state index in [0.29, 0.717) is 19.4 Å². The van der Waals surface area contributed by atoms with Crippen LogP contribution in [0.3, 0.4) is 0 Å². The van der Waals surface area contributed by atoms with Crippen molar-refractivity contribution in [2.24, 2.45) is 0 Å². The van der Waals surface area contributed by atoms with Gasteiger partial charge in [-0.05, 0) is 109 Å². The molecule has 0 aliphatic rings. The lowest BCUT2D eigenvalue weighted by Crippen LogP contribution is -2.30. The summed E-state index contributed by atoms with van der Waals surface area (Å²) in [5.41, 5.74) is 0. The largest absolute Gasteiger partial charge is 0.462 e. The second kappa shape index (κ2) is 52.7. The topological polar surface area (TPSA) is 61.8 Å². The van der Waals surface area contributed by atoms with Gasteiger partial charge in [0.25, 0.3) is 0 Å². The molecule has 0 radical (unpaired) electrons. The highest BCUT2D eigenvalue weighted by Gasteiger charge is 2.17. The number of allylic oxidation sites excluding steroid dienone is 12. The van der Waals surface area contributed by atoms with Crippen LogP contribution in [0, 0.1) is 0 Å². The lowest BCUT2D eigenvalue weighted by Gasteiger charge is -2.18. The number of hydrogen-bond acceptors (Lipinski definition) is 5. The molecule has 0 fully saturated rings. The van der Waals surface area contributed by atoms with Crippen molar-refractivity contribution in [3.05, 3.63) is 72.9 Å². The van der Waals surface area contributed by atoms with Crippen molar-refractivity contribution in [1.82, 2.24) is 0 Å². The summed E-state index contributed by atoms with van der Waals surface area (Å²) in [7, 11) is 0. The molecule has 0 saturated carbocycles. The van der Waals surface area contributed by atoms with E-state index in [1.807, 2.05) is 0 Å². The fourth-order valence-electron chi connectivity index (χ4n) is 7.25. The number of ether oxygens (including phenoxy) is 3. The first-order valence-corrected chi connectivity index (χ1v) is 26.5. The summed E-state index contributed by atoms with van der Waals surface area (Å²) >= 11 is 0. The summed E-state index contributed by atoms with van der Waals surface area (Å²) in [6.45, 7) is 7.66. The summed E-state index contributed by atoms with van der Waals surface area (Å²) in [5, 5.41) is 0. The molecule has 5 heteroatoms. The first-order valence-electron chi connectivity index (χ1n) is 26.5. The molecule has 1 atom stereocenters. The third kappa shape index (κ3) is 50.0. The number of esters is 2. The molecule has 0 aliphatic carbocycles. The molecule has 5 nitrogen and oxygen atoms in total. The highest BCUT2D eigenvalue weighted by Crippen LogP contribution is 2.14. The van der Waals surface area contributed by atoms with Gasteiger partial charge in [-0.15, -0.1) is 0 Å². The highest BCUT2D eigenvalue weighted by molar-refractivity contribution is 5.70. The molecule has 0 aliphatic heterocycles. The monoisotopic (exact) mass is 865 g/mol. The maximum Gasteiger partial charge on any atom is 0.306 e. The number of carbonyl (C=O) groups excluding carboxylic acids is 2. The van der Waals surface area contributed by atoms with Crippen molar-refractivity contribution in [2.75, 3.05) is 19.8 Å². The van der Waals surface area contributed by atoms with Gasteiger partial charge in [0.15, 0.2) is 6.10 Å². The normalized spacial score (nSPS) is 12.8. The van der Waals surface area contributed by atoms with Crippen LogP contribution in [0.25, 0.3) is 0 Å². The Hall–Kier alpha value is -2.66. The number of unbranched alkanes of at least 4 members (excludes halogenated alkanes) is 25. The van der Waals surface area contributed by atoms with Crippen LogP contribution in [-0.2, 0) is 23.8 Å². The van der Waals surface area contributed by atoms with Crippen molar-refractivity contribution in [2.45, 2.75) is 258 Å². The quantitative estimate of drug-likeness (QED) is 0.0346. The molecule has 0 spiro atoms. The second-order valence-electron chi connectivity index (χ2n) is 17.4. The van der Waals surface area contributed by atoms with Crippen molar-refractivity contribution >= 4 is 11.9 Å². The van der Waals surface area contributed by atoms with Gasteiger partial charge in [0, 0.05) is 19.4 Å². The van der Waals surface area contributed by atoms with E-state index in [2.05, 4.69) is 93.7 Å². The van der Waals surface area contributed by atoms with Gasteiger partial charge < -0.3 is 14.2 Å². The van der Waals surface area contributed by atoms with Crippen LogP contribution in [0.5, 0.6) is 0 Å². The Labute approximate surface area is 385 Å². The number of carbonyl (C=O) groups is 2. The summed E-state index contributed by atoms with van der Waals surface area (Å²) < 4.78 is 17.4. The molecular weight excluding hydrogens is 765 g/mol.